The summed E-state index contributed by atoms with van der Waals surface area (Å²) in [5, 5.41) is 7.57. The highest BCUT2D eigenvalue weighted by Crippen LogP contribution is 2.01. The molecule has 0 aliphatic heterocycles. The van der Waals surface area contributed by atoms with Crippen LogP contribution in [0.2, 0.25) is 0 Å². The van der Waals surface area contributed by atoms with Crippen LogP contribution in [0.25, 0.3) is 5.52 Å². The summed E-state index contributed by atoms with van der Waals surface area (Å²) in [4.78, 5) is 0. The second-order valence-electron chi connectivity index (χ2n) is 2.36. The lowest BCUT2D eigenvalue weighted by atomic mass is 10.4. The summed E-state index contributed by atoms with van der Waals surface area (Å²) in [6, 6.07) is 10.3. The first-order valence-corrected chi connectivity index (χ1v) is 4.01. The van der Waals surface area contributed by atoms with Crippen molar-refractivity contribution in [2.24, 2.45) is 0 Å². The molecule has 0 saturated carbocycles. The van der Waals surface area contributed by atoms with Gasteiger partial charge in [-0.2, -0.15) is 0 Å². The Morgan fingerprint density at radius 1 is 1.17 bits per heavy atom. The third-order valence-electron chi connectivity index (χ3n) is 1.44. The standard InChI is InChI=1S/C8H7N.C2H6O/c1-2-6-9-7-3-5-8(9)4-1;1-2-3/h1-7H;3H,2H2,1H3. The second kappa shape index (κ2) is 4.57. The summed E-state index contributed by atoms with van der Waals surface area (Å²) in [6.45, 7) is 1.93. The Morgan fingerprint density at radius 2 is 1.75 bits per heavy atom. The number of aliphatic hydroxyl groups is 1. The Hall–Kier alpha value is -1.28. The van der Waals surface area contributed by atoms with Crippen LogP contribution in [0.3, 0.4) is 0 Å². The Balaban J connectivity index is 0.000000213. The molecule has 0 fully saturated rings. The predicted molar refractivity (Wildman–Crippen MR) is 50.2 cm³/mol. The fourth-order valence-electron chi connectivity index (χ4n) is 0.980. The molecular formula is C10H13NO. The maximum absolute atomic E-state index is 7.57. The first-order chi connectivity index (χ1) is 5.88. The number of nitrogens with zero attached hydrogens (tertiary/aromatic N) is 1. The van der Waals surface area contributed by atoms with Gasteiger partial charge >= 0.3 is 0 Å². The summed E-state index contributed by atoms with van der Waals surface area (Å²) in [5.41, 5.74) is 1.25. The van der Waals surface area contributed by atoms with Crippen molar-refractivity contribution in [3.05, 3.63) is 42.7 Å². The molecule has 1 N–H and O–H groups in total. The number of aromatic nitrogens is 1. The third kappa shape index (κ3) is 2.10. The Bertz CT molecular complexity index is 297. The zero-order valence-electron chi connectivity index (χ0n) is 7.14. The van der Waals surface area contributed by atoms with Crippen molar-refractivity contribution in [1.29, 1.82) is 0 Å². The van der Waals surface area contributed by atoms with Crippen LogP contribution in [0, 0.1) is 0 Å². The van der Waals surface area contributed by atoms with E-state index < -0.39 is 0 Å². The third-order valence-corrected chi connectivity index (χ3v) is 1.44. The molecule has 0 aromatic carbocycles. The number of hydrogen-bond acceptors (Lipinski definition) is 1. The molecule has 2 heterocycles. The van der Waals surface area contributed by atoms with Crippen molar-refractivity contribution in [3.63, 3.8) is 0 Å². The highest BCUT2D eigenvalue weighted by Gasteiger charge is 1.83. The molecule has 2 aromatic rings. The first-order valence-electron chi connectivity index (χ1n) is 4.01. The predicted octanol–water partition coefficient (Wildman–Crippen LogP) is 1.94. The van der Waals surface area contributed by atoms with Gasteiger partial charge in [0.05, 0.1) is 0 Å². The monoisotopic (exact) mass is 163 g/mol. The molecule has 12 heavy (non-hydrogen) atoms. The van der Waals surface area contributed by atoms with Gasteiger partial charge in [-0.15, -0.1) is 0 Å². The molecule has 2 nitrogen and oxygen atoms in total. The van der Waals surface area contributed by atoms with Crippen molar-refractivity contribution in [2.45, 2.75) is 6.92 Å². The van der Waals surface area contributed by atoms with Gasteiger partial charge < -0.3 is 9.51 Å². The highest BCUT2D eigenvalue weighted by atomic mass is 16.2. The van der Waals surface area contributed by atoms with Crippen LogP contribution in [0.4, 0.5) is 0 Å². The average molecular weight is 163 g/mol. The molecule has 0 atom stereocenters. The molecule has 2 heteroatoms. The topological polar surface area (TPSA) is 24.6 Å². The van der Waals surface area contributed by atoms with Gasteiger partial charge in [-0.25, -0.2) is 0 Å². The van der Waals surface area contributed by atoms with Gasteiger partial charge in [-0.1, -0.05) is 6.07 Å². The van der Waals surface area contributed by atoms with Gasteiger partial charge in [0.1, 0.15) is 0 Å². The molecule has 0 spiro atoms. The fourth-order valence-corrected chi connectivity index (χ4v) is 0.980. The number of fused-ring (bicyclic) bond motifs is 1. The summed E-state index contributed by atoms with van der Waals surface area (Å²) in [7, 11) is 0. The lowest BCUT2D eigenvalue weighted by Crippen LogP contribution is -1.75. The molecule has 0 aliphatic rings. The lowest BCUT2D eigenvalue weighted by molar-refractivity contribution is 0.318. The van der Waals surface area contributed by atoms with Crippen LogP contribution >= 0.6 is 0 Å². The maximum atomic E-state index is 7.57. The van der Waals surface area contributed by atoms with Crippen LogP contribution in [0.1, 0.15) is 6.92 Å². The fraction of sp³-hybridized carbons (Fsp3) is 0.200. The summed E-state index contributed by atoms with van der Waals surface area (Å²) >= 11 is 0. The summed E-state index contributed by atoms with van der Waals surface area (Å²) in [5.74, 6) is 0. The van der Waals surface area contributed by atoms with Crippen molar-refractivity contribution in [2.75, 3.05) is 6.61 Å². The van der Waals surface area contributed by atoms with Gasteiger partial charge in [-0.05, 0) is 31.2 Å². The highest BCUT2D eigenvalue weighted by molar-refractivity contribution is 5.46. The van der Waals surface area contributed by atoms with E-state index in [4.69, 9.17) is 5.11 Å². The Labute approximate surface area is 72.1 Å². The van der Waals surface area contributed by atoms with E-state index >= 15 is 0 Å². The van der Waals surface area contributed by atoms with E-state index in [9.17, 15) is 0 Å². The summed E-state index contributed by atoms with van der Waals surface area (Å²) < 4.78 is 2.08. The Kier molecular flexibility index (Phi) is 3.35. The van der Waals surface area contributed by atoms with E-state index in [2.05, 4.69) is 16.5 Å². The largest absolute Gasteiger partial charge is 0.397 e. The average Bonchev–Trinajstić information content (AvgIpc) is 2.52. The quantitative estimate of drug-likeness (QED) is 0.630. The number of pyridine rings is 1. The van der Waals surface area contributed by atoms with E-state index in [1.807, 2.05) is 30.6 Å². The van der Waals surface area contributed by atoms with Gasteiger partial charge in [0, 0.05) is 24.5 Å². The molecule has 0 saturated heterocycles. The molecule has 64 valence electrons. The minimum absolute atomic E-state index is 0.250. The summed E-state index contributed by atoms with van der Waals surface area (Å²) in [6.07, 6.45) is 4.07. The van der Waals surface area contributed by atoms with Crippen LogP contribution in [-0.2, 0) is 0 Å². The molecule has 0 amide bonds. The van der Waals surface area contributed by atoms with Crippen LogP contribution in [0.15, 0.2) is 42.7 Å². The van der Waals surface area contributed by atoms with Crippen molar-refractivity contribution >= 4 is 5.52 Å². The second-order valence-corrected chi connectivity index (χ2v) is 2.36. The van der Waals surface area contributed by atoms with E-state index in [0.29, 0.717) is 0 Å². The number of hydrogen-bond donors (Lipinski definition) is 1. The number of rotatable bonds is 0. The zero-order chi connectivity index (χ0) is 8.81. The molecule has 0 bridgehead atoms. The van der Waals surface area contributed by atoms with Crippen molar-refractivity contribution < 1.29 is 5.11 Å². The van der Waals surface area contributed by atoms with Crippen LogP contribution < -0.4 is 0 Å². The van der Waals surface area contributed by atoms with Gasteiger partial charge in [0.15, 0.2) is 0 Å². The van der Waals surface area contributed by atoms with E-state index in [1.165, 1.54) is 5.52 Å². The van der Waals surface area contributed by atoms with Crippen LogP contribution in [0.5, 0.6) is 0 Å². The van der Waals surface area contributed by atoms with E-state index in [-0.39, 0.29) is 6.61 Å². The number of aliphatic hydroxyl groups excluding tert-OH is 1. The molecule has 0 radical (unpaired) electrons. The van der Waals surface area contributed by atoms with Crippen molar-refractivity contribution in [1.82, 2.24) is 4.40 Å². The van der Waals surface area contributed by atoms with Crippen molar-refractivity contribution in [3.8, 4) is 0 Å². The van der Waals surface area contributed by atoms with Gasteiger partial charge in [0.2, 0.25) is 0 Å². The normalized spacial score (nSPS) is 9.17. The van der Waals surface area contributed by atoms with E-state index in [0.717, 1.165) is 0 Å². The zero-order valence-corrected chi connectivity index (χ0v) is 7.14. The van der Waals surface area contributed by atoms with E-state index in [1.54, 1.807) is 6.92 Å². The molecule has 2 aromatic heterocycles. The maximum Gasteiger partial charge on any atom is 0.0449 e. The minimum Gasteiger partial charge on any atom is -0.397 e. The lowest BCUT2D eigenvalue weighted by Gasteiger charge is -1.88. The van der Waals surface area contributed by atoms with Gasteiger partial charge in [-0.3, -0.25) is 0 Å². The smallest absolute Gasteiger partial charge is 0.0449 e. The SMILES string of the molecule is CCO.c1ccn2cccc2c1. The first kappa shape index (κ1) is 8.81. The molecule has 2 rings (SSSR count). The molecule has 0 unspecified atom stereocenters. The molecular weight excluding hydrogens is 150 g/mol. The van der Waals surface area contributed by atoms with Gasteiger partial charge in [0.25, 0.3) is 0 Å². The Morgan fingerprint density at radius 3 is 2.42 bits per heavy atom. The van der Waals surface area contributed by atoms with Crippen LogP contribution in [-0.4, -0.2) is 16.1 Å². The minimum atomic E-state index is 0.250. The molecule has 0 aliphatic carbocycles.